The average Bonchev–Trinajstić information content (AvgIpc) is 2.51. The Morgan fingerprint density at radius 3 is 3.00 bits per heavy atom. The molecule has 0 atom stereocenters. The monoisotopic (exact) mass is 195 g/mol. The molecule has 2 rings (SSSR count). The number of aliphatic hydroxyl groups excluding tert-OH is 1. The molecule has 0 saturated heterocycles. The average molecular weight is 196 g/mol. The third-order valence-corrected chi connectivity index (χ3v) is 2.43. The van der Waals surface area contributed by atoms with Crippen molar-refractivity contribution in [2.45, 2.75) is 6.42 Å². The minimum atomic E-state index is 0.151. The molecule has 68 valence electrons. The maximum atomic E-state index is 8.83. The van der Waals surface area contributed by atoms with Crippen LogP contribution < -0.4 is 0 Å². The van der Waals surface area contributed by atoms with E-state index in [9.17, 15) is 0 Å². The highest BCUT2D eigenvalue weighted by molar-refractivity contribution is 6.35. The molecule has 1 aromatic heterocycles. The Kier molecular flexibility index (Phi) is 2.25. The lowest BCUT2D eigenvalue weighted by Gasteiger charge is -1.97. The number of aromatic amines is 1. The predicted molar refractivity (Wildman–Crippen MR) is 54.1 cm³/mol. The number of aromatic nitrogens is 1. The van der Waals surface area contributed by atoms with E-state index >= 15 is 0 Å². The highest BCUT2D eigenvalue weighted by atomic mass is 35.5. The van der Waals surface area contributed by atoms with Crippen LogP contribution in [0, 0.1) is 0 Å². The fraction of sp³-hybridized carbons (Fsp3) is 0.200. The normalized spacial score (nSPS) is 10.9. The Hall–Kier alpha value is -0.990. The van der Waals surface area contributed by atoms with Gasteiger partial charge in [-0.05, 0) is 24.1 Å². The molecule has 2 N–H and O–H groups in total. The lowest BCUT2D eigenvalue weighted by Crippen LogP contribution is -1.88. The molecule has 3 heteroatoms. The highest BCUT2D eigenvalue weighted by Crippen LogP contribution is 2.26. The molecular weight excluding hydrogens is 186 g/mol. The number of halogens is 1. The van der Waals surface area contributed by atoms with Gasteiger partial charge in [0.2, 0.25) is 0 Å². The molecule has 0 unspecified atom stereocenters. The summed E-state index contributed by atoms with van der Waals surface area (Å²) in [5.74, 6) is 0. The van der Waals surface area contributed by atoms with E-state index in [0.717, 1.165) is 21.5 Å². The molecule has 0 bridgehead atoms. The summed E-state index contributed by atoms with van der Waals surface area (Å²) < 4.78 is 0. The summed E-state index contributed by atoms with van der Waals surface area (Å²) in [7, 11) is 0. The van der Waals surface area contributed by atoms with Crippen LogP contribution in [-0.4, -0.2) is 16.7 Å². The molecule has 0 amide bonds. The lowest BCUT2D eigenvalue weighted by atomic mass is 10.1. The van der Waals surface area contributed by atoms with E-state index < -0.39 is 0 Å². The fourth-order valence-electron chi connectivity index (χ4n) is 1.53. The van der Waals surface area contributed by atoms with E-state index in [4.69, 9.17) is 16.7 Å². The van der Waals surface area contributed by atoms with Crippen molar-refractivity contribution in [2.24, 2.45) is 0 Å². The maximum absolute atomic E-state index is 8.83. The van der Waals surface area contributed by atoms with E-state index in [-0.39, 0.29) is 6.61 Å². The first kappa shape index (κ1) is 8.60. The quantitative estimate of drug-likeness (QED) is 0.759. The topological polar surface area (TPSA) is 36.0 Å². The number of fused-ring (bicyclic) bond motifs is 1. The van der Waals surface area contributed by atoms with Gasteiger partial charge in [-0.1, -0.05) is 17.7 Å². The molecule has 1 aromatic carbocycles. The summed E-state index contributed by atoms with van der Waals surface area (Å²) in [6.07, 6.45) is 2.54. The van der Waals surface area contributed by atoms with Crippen molar-refractivity contribution in [1.82, 2.24) is 4.98 Å². The number of nitrogens with one attached hydrogen (secondary N) is 1. The third kappa shape index (κ3) is 1.43. The smallest absolute Gasteiger partial charge is 0.0502 e. The van der Waals surface area contributed by atoms with Crippen LogP contribution in [0.1, 0.15) is 5.56 Å². The molecule has 0 aliphatic heterocycles. The van der Waals surface area contributed by atoms with Gasteiger partial charge in [0.25, 0.3) is 0 Å². The van der Waals surface area contributed by atoms with Crippen molar-refractivity contribution >= 4 is 22.5 Å². The van der Waals surface area contributed by atoms with Crippen LogP contribution in [0.5, 0.6) is 0 Å². The SMILES string of the molecule is OCCc1c[nH]c2cccc(Cl)c12. The fourth-order valence-corrected chi connectivity index (χ4v) is 1.82. The number of hydrogen-bond acceptors (Lipinski definition) is 1. The maximum Gasteiger partial charge on any atom is 0.0502 e. The molecular formula is C10H10ClNO. The summed E-state index contributed by atoms with van der Waals surface area (Å²) in [5.41, 5.74) is 2.10. The summed E-state index contributed by atoms with van der Waals surface area (Å²) >= 11 is 6.04. The predicted octanol–water partition coefficient (Wildman–Crippen LogP) is 2.36. The van der Waals surface area contributed by atoms with Crippen LogP contribution in [0.15, 0.2) is 24.4 Å². The van der Waals surface area contributed by atoms with E-state index in [2.05, 4.69) is 4.98 Å². The Bertz CT molecular complexity index is 422. The molecule has 1 heterocycles. The van der Waals surface area contributed by atoms with E-state index in [1.165, 1.54) is 0 Å². The van der Waals surface area contributed by atoms with E-state index in [0.29, 0.717) is 6.42 Å². The highest BCUT2D eigenvalue weighted by Gasteiger charge is 2.05. The Labute approximate surface area is 81.1 Å². The molecule has 2 aromatic rings. The minimum Gasteiger partial charge on any atom is -0.396 e. The molecule has 0 aliphatic rings. The van der Waals surface area contributed by atoms with Crippen molar-refractivity contribution in [2.75, 3.05) is 6.61 Å². The molecule has 13 heavy (non-hydrogen) atoms. The van der Waals surface area contributed by atoms with Crippen molar-refractivity contribution in [3.05, 3.63) is 35.0 Å². The van der Waals surface area contributed by atoms with Gasteiger partial charge in [-0.3, -0.25) is 0 Å². The van der Waals surface area contributed by atoms with Crippen LogP contribution >= 0.6 is 11.6 Å². The zero-order chi connectivity index (χ0) is 9.26. The number of benzene rings is 1. The summed E-state index contributed by atoms with van der Waals surface area (Å²) in [6.45, 7) is 0.151. The van der Waals surface area contributed by atoms with Crippen molar-refractivity contribution in [1.29, 1.82) is 0 Å². The van der Waals surface area contributed by atoms with Gasteiger partial charge >= 0.3 is 0 Å². The second-order valence-corrected chi connectivity index (χ2v) is 3.36. The molecule has 0 aliphatic carbocycles. The van der Waals surface area contributed by atoms with Crippen molar-refractivity contribution < 1.29 is 5.11 Å². The van der Waals surface area contributed by atoms with E-state index in [1.54, 1.807) is 0 Å². The first-order valence-electron chi connectivity index (χ1n) is 4.18. The number of H-pyrrole nitrogens is 1. The minimum absolute atomic E-state index is 0.151. The van der Waals surface area contributed by atoms with Crippen LogP contribution in [0.2, 0.25) is 5.02 Å². The third-order valence-electron chi connectivity index (χ3n) is 2.12. The van der Waals surface area contributed by atoms with Crippen LogP contribution in [0.4, 0.5) is 0 Å². The van der Waals surface area contributed by atoms with Crippen LogP contribution in [-0.2, 0) is 6.42 Å². The van der Waals surface area contributed by atoms with Gasteiger partial charge in [-0.2, -0.15) is 0 Å². The molecule has 2 nitrogen and oxygen atoms in total. The van der Waals surface area contributed by atoms with Crippen molar-refractivity contribution in [3.63, 3.8) is 0 Å². The molecule has 0 fully saturated rings. The number of rotatable bonds is 2. The van der Waals surface area contributed by atoms with E-state index in [1.807, 2.05) is 24.4 Å². The largest absolute Gasteiger partial charge is 0.396 e. The second kappa shape index (κ2) is 3.40. The van der Waals surface area contributed by atoms with Gasteiger partial charge in [-0.25, -0.2) is 0 Å². The first-order chi connectivity index (χ1) is 6.33. The van der Waals surface area contributed by atoms with Gasteiger partial charge in [-0.15, -0.1) is 0 Å². The Morgan fingerprint density at radius 2 is 2.23 bits per heavy atom. The summed E-state index contributed by atoms with van der Waals surface area (Å²) in [6, 6.07) is 5.74. The van der Waals surface area contributed by atoms with Gasteiger partial charge in [0, 0.05) is 23.7 Å². The second-order valence-electron chi connectivity index (χ2n) is 2.95. The number of aliphatic hydroxyl groups is 1. The van der Waals surface area contributed by atoms with Gasteiger partial charge in [0.05, 0.1) is 5.02 Å². The Morgan fingerprint density at radius 1 is 1.38 bits per heavy atom. The van der Waals surface area contributed by atoms with Gasteiger partial charge < -0.3 is 10.1 Å². The Balaban J connectivity index is 2.64. The lowest BCUT2D eigenvalue weighted by molar-refractivity contribution is 0.300. The van der Waals surface area contributed by atoms with Gasteiger partial charge in [0.1, 0.15) is 0 Å². The summed E-state index contributed by atoms with van der Waals surface area (Å²) in [5, 5.41) is 10.6. The zero-order valence-corrected chi connectivity index (χ0v) is 7.80. The zero-order valence-electron chi connectivity index (χ0n) is 7.05. The number of hydrogen-bond donors (Lipinski definition) is 2. The van der Waals surface area contributed by atoms with Crippen LogP contribution in [0.25, 0.3) is 10.9 Å². The molecule has 0 radical (unpaired) electrons. The van der Waals surface area contributed by atoms with Crippen LogP contribution in [0.3, 0.4) is 0 Å². The van der Waals surface area contributed by atoms with Gasteiger partial charge in [0.15, 0.2) is 0 Å². The standard InChI is InChI=1S/C10H10ClNO/c11-8-2-1-3-9-10(8)7(4-5-13)6-12-9/h1-3,6,12-13H,4-5H2. The van der Waals surface area contributed by atoms with Crippen molar-refractivity contribution in [3.8, 4) is 0 Å². The molecule has 0 spiro atoms. The molecule has 0 saturated carbocycles. The first-order valence-corrected chi connectivity index (χ1v) is 4.56. The summed E-state index contributed by atoms with van der Waals surface area (Å²) in [4.78, 5) is 3.12.